The fourth-order valence-corrected chi connectivity index (χ4v) is 3.64. The van der Waals surface area contributed by atoms with Crippen LogP contribution >= 0.6 is 0 Å². The Morgan fingerprint density at radius 2 is 1.68 bits per heavy atom. The van der Waals surface area contributed by atoms with Crippen LogP contribution in [0.15, 0.2) is 42.5 Å². The summed E-state index contributed by atoms with van der Waals surface area (Å²) in [6, 6.07) is 13.9. The number of piperidine rings is 1. The summed E-state index contributed by atoms with van der Waals surface area (Å²) in [4.78, 5) is 27.1. The molecule has 0 aromatic heterocycles. The van der Waals surface area contributed by atoms with E-state index in [4.69, 9.17) is 0 Å². The van der Waals surface area contributed by atoms with Crippen LogP contribution in [0.4, 0.5) is 0 Å². The number of rotatable bonds is 4. The maximum absolute atomic E-state index is 12.9. The van der Waals surface area contributed by atoms with Gasteiger partial charge in [0.1, 0.15) is 0 Å². The molecule has 0 bridgehead atoms. The number of carbonyl (C=O) groups is 2. The second-order valence-corrected chi connectivity index (χ2v) is 7.28. The van der Waals surface area contributed by atoms with Crippen molar-refractivity contribution in [3.05, 3.63) is 48.0 Å². The fourth-order valence-electron chi connectivity index (χ4n) is 3.64. The van der Waals surface area contributed by atoms with E-state index in [2.05, 4.69) is 5.32 Å². The van der Waals surface area contributed by atoms with Crippen LogP contribution in [0.25, 0.3) is 10.8 Å². The molecule has 130 valence electrons. The molecule has 1 saturated heterocycles. The highest BCUT2D eigenvalue weighted by Crippen LogP contribution is 2.28. The molecule has 1 heterocycles. The number of nitrogens with one attached hydrogen (secondary N) is 1. The van der Waals surface area contributed by atoms with Gasteiger partial charge in [0.2, 0.25) is 5.91 Å². The molecule has 2 aliphatic rings. The van der Waals surface area contributed by atoms with Crippen molar-refractivity contribution in [2.45, 2.75) is 25.7 Å². The molecule has 25 heavy (non-hydrogen) atoms. The monoisotopic (exact) mass is 336 g/mol. The van der Waals surface area contributed by atoms with Gasteiger partial charge in [0, 0.05) is 31.1 Å². The predicted molar refractivity (Wildman–Crippen MR) is 98.3 cm³/mol. The van der Waals surface area contributed by atoms with Crippen molar-refractivity contribution in [2.24, 2.45) is 11.8 Å². The van der Waals surface area contributed by atoms with Gasteiger partial charge in [-0.15, -0.1) is 0 Å². The molecule has 2 fully saturated rings. The third-order valence-corrected chi connectivity index (χ3v) is 5.43. The van der Waals surface area contributed by atoms with Crippen LogP contribution in [0, 0.1) is 11.8 Å². The van der Waals surface area contributed by atoms with Gasteiger partial charge in [-0.1, -0.05) is 36.4 Å². The topological polar surface area (TPSA) is 49.4 Å². The molecule has 0 spiro atoms. The standard InChI is InChI=1S/C21H24N2O2/c24-20(22-14-15-8-9-15)17-10-12-23(13-11-17)21(25)19-7-3-5-16-4-1-2-6-18(16)19/h1-7,15,17H,8-14H2,(H,22,24). The predicted octanol–water partition coefficient (Wildman–Crippen LogP) is 3.22. The number of benzene rings is 2. The van der Waals surface area contributed by atoms with Crippen LogP contribution in [0.2, 0.25) is 0 Å². The number of carbonyl (C=O) groups excluding carboxylic acids is 2. The molecule has 1 saturated carbocycles. The first kappa shape index (κ1) is 16.1. The lowest BCUT2D eigenvalue weighted by atomic mass is 9.94. The van der Waals surface area contributed by atoms with Gasteiger partial charge in [-0.05, 0) is 48.4 Å². The van der Waals surface area contributed by atoms with Gasteiger partial charge in [-0.3, -0.25) is 9.59 Å². The lowest BCUT2D eigenvalue weighted by Crippen LogP contribution is -2.43. The van der Waals surface area contributed by atoms with E-state index in [9.17, 15) is 9.59 Å². The second-order valence-electron chi connectivity index (χ2n) is 7.28. The van der Waals surface area contributed by atoms with Gasteiger partial charge in [-0.25, -0.2) is 0 Å². The maximum Gasteiger partial charge on any atom is 0.254 e. The Kier molecular flexibility index (Phi) is 4.43. The molecule has 1 aliphatic heterocycles. The zero-order valence-electron chi connectivity index (χ0n) is 14.4. The van der Waals surface area contributed by atoms with Gasteiger partial charge < -0.3 is 10.2 Å². The number of hydrogen-bond acceptors (Lipinski definition) is 2. The van der Waals surface area contributed by atoms with Crippen molar-refractivity contribution in [3.63, 3.8) is 0 Å². The van der Waals surface area contributed by atoms with Gasteiger partial charge >= 0.3 is 0 Å². The van der Waals surface area contributed by atoms with E-state index in [1.165, 1.54) is 12.8 Å². The number of amides is 2. The molecule has 1 aliphatic carbocycles. The van der Waals surface area contributed by atoms with Crippen LogP contribution in [0.3, 0.4) is 0 Å². The minimum absolute atomic E-state index is 0.0512. The molecule has 4 rings (SSSR count). The first-order valence-electron chi connectivity index (χ1n) is 9.27. The molecule has 0 radical (unpaired) electrons. The molecule has 0 atom stereocenters. The molecule has 4 nitrogen and oxygen atoms in total. The van der Waals surface area contributed by atoms with Gasteiger partial charge in [-0.2, -0.15) is 0 Å². The number of nitrogens with zero attached hydrogens (tertiary/aromatic N) is 1. The van der Waals surface area contributed by atoms with E-state index in [0.717, 1.165) is 35.7 Å². The Morgan fingerprint density at radius 3 is 2.44 bits per heavy atom. The van der Waals surface area contributed by atoms with Crippen LogP contribution in [0.5, 0.6) is 0 Å². The highest BCUT2D eigenvalue weighted by atomic mass is 16.2. The SMILES string of the molecule is O=C(NCC1CC1)C1CCN(C(=O)c2cccc3ccccc23)CC1. The Labute approximate surface area is 148 Å². The normalized spacial score (nSPS) is 18.3. The Morgan fingerprint density at radius 1 is 0.960 bits per heavy atom. The fraction of sp³-hybridized carbons (Fsp3) is 0.429. The van der Waals surface area contributed by atoms with Crippen molar-refractivity contribution in [2.75, 3.05) is 19.6 Å². The van der Waals surface area contributed by atoms with Crippen LogP contribution in [-0.4, -0.2) is 36.3 Å². The molecule has 4 heteroatoms. The van der Waals surface area contributed by atoms with Gasteiger partial charge in [0.05, 0.1) is 0 Å². The highest BCUT2D eigenvalue weighted by Gasteiger charge is 2.29. The lowest BCUT2D eigenvalue weighted by molar-refractivity contribution is -0.126. The summed E-state index contributed by atoms with van der Waals surface area (Å²) in [5.41, 5.74) is 0.759. The number of hydrogen-bond donors (Lipinski definition) is 1. The Balaban J connectivity index is 1.39. The second kappa shape index (κ2) is 6.87. The summed E-state index contributed by atoms with van der Waals surface area (Å²) in [6.07, 6.45) is 4.01. The Hall–Kier alpha value is -2.36. The van der Waals surface area contributed by atoms with Crippen LogP contribution in [0.1, 0.15) is 36.0 Å². The quantitative estimate of drug-likeness (QED) is 0.932. The summed E-state index contributed by atoms with van der Waals surface area (Å²) in [5.74, 6) is 1.00. The first-order chi connectivity index (χ1) is 12.2. The van der Waals surface area contributed by atoms with Crippen LogP contribution in [-0.2, 0) is 4.79 Å². The summed E-state index contributed by atoms with van der Waals surface area (Å²) in [6.45, 7) is 2.14. The lowest BCUT2D eigenvalue weighted by Gasteiger charge is -2.31. The minimum Gasteiger partial charge on any atom is -0.356 e. The summed E-state index contributed by atoms with van der Waals surface area (Å²) >= 11 is 0. The van der Waals surface area contributed by atoms with E-state index in [-0.39, 0.29) is 17.7 Å². The number of likely N-dealkylation sites (tertiary alicyclic amines) is 1. The summed E-state index contributed by atoms with van der Waals surface area (Å²) in [7, 11) is 0. The molecule has 1 N–H and O–H groups in total. The van der Waals surface area contributed by atoms with Crippen molar-refractivity contribution < 1.29 is 9.59 Å². The van der Waals surface area contributed by atoms with E-state index in [1.54, 1.807) is 0 Å². The third kappa shape index (κ3) is 3.53. The van der Waals surface area contributed by atoms with E-state index in [0.29, 0.717) is 19.0 Å². The molecule has 2 amide bonds. The van der Waals surface area contributed by atoms with Gasteiger partial charge in [0.25, 0.3) is 5.91 Å². The molecule has 2 aromatic carbocycles. The highest BCUT2D eigenvalue weighted by molar-refractivity contribution is 6.07. The average molecular weight is 336 g/mol. The maximum atomic E-state index is 12.9. The van der Waals surface area contributed by atoms with Gasteiger partial charge in [0.15, 0.2) is 0 Å². The van der Waals surface area contributed by atoms with E-state index < -0.39 is 0 Å². The third-order valence-electron chi connectivity index (χ3n) is 5.43. The zero-order valence-corrected chi connectivity index (χ0v) is 14.4. The first-order valence-corrected chi connectivity index (χ1v) is 9.27. The van der Waals surface area contributed by atoms with E-state index >= 15 is 0 Å². The van der Waals surface area contributed by atoms with E-state index in [1.807, 2.05) is 47.4 Å². The zero-order chi connectivity index (χ0) is 17.2. The van der Waals surface area contributed by atoms with Crippen LogP contribution < -0.4 is 5.32 Å². The minimum atomic E-state index is 0.0512. The molecular formula is C21H24N2O2. The molecule has 2 aromatic rings. The Bertz CT molecular complexity index is 784. The van der Waals surface area contributed by atoms with Crippen molar-refractivity contribution >= 4 is 22.6 Å². The number of fused-ring (bicyclic) bond motifs is 1. The van der Waals surface area contributed by atoms with Crippen molar-refractivity contribution in [3.8, 4) is 0 Å². The van der Waals surface area contributed by atoms with Crippen molar-refractivity contribution in [1.29, 1.82) is 0 Å². The largest absolute Gasteiger partial charge is 0.356 e. The molecular weight excluding hydrogens is 312 g/mol. The average Bonchev–Trinajstić information content (AvgIpc) is 3.50. The smallest absolute Gasteiger partial charge is 0.254 e. The molecule has 0 unspecified atom stereocenters. The van der Waals surface area contributed by atoms with Crippen molar-refractivity contribution in [1.82, 2.24) is 10.2 Å². The summed E-state index contributed by atoms with van der Waals surface area (Å²) < 4.78 is 0. The summed E-state index contributed by atoms with van der Waals surface area (Å²) in [5, 5.41) is 5.16.